The van der Waals surface area contributed by atoms with E-state index < -0.39 is 0 Å². The van der Waals surface area contributed by atoms with E-state index in [4.69, 9.17) is 0 Å². The highest BCUT2D eigenvalue weighted by Gasteiger charge is 2.10. The van der Waals surface area contributed by atoms with Crippen molar-refractivity contribution in [2.24, 2.45) is 5.92 Å². The molecule has 0 aromatic carbocycles. The lowest BCUT2D eigenvalue weighted by molar-refractivity contribution is -0.120. The number of hydrogen-bond donors (Lipinski definition) is 1. The molecule has 0 saturated carbocycles. The van der Waals surface area contributed by atoms with Gasteiger partial charge in [0.2, 0.25) is 5.91 Å². The van der Waals surface area contributed by atoms with Gasteiger partial charge in [-0.3, -0.25) is 4.79 Å². The fourth-order valence-corrected chi connectivity index (χ4v) is 1.07. The third kappa shape index (κ3) is 4.82. The Balaban J connectivity index is 0. The van der Waals surface area contributed by atoms with Gasteiger partial charge in [0, 0.05) is 13.0 Å². The Hall–Kier alpha value is -0.530. The van der Waals surface area contributed by atoms with Crippen LogP contribution in [0.1, 0.15) is 41.0 Å². The molecule has 0 aromatic rings. The number of rotatable bonds is 0. The quantitative estimate of drug-likeness (QED) is 0.577. The molecule has 0 bridgehead atoms. The van der Waals surface area contributed by atoms with Crippen molar-refractivity contribution in [3.8, 4) is 0 Å². The van der Waals surface area contributed by atoms with Crippen LogP contribution in [0.4, 0.5) is 0 Å². The van der Waals surface area contributed by atoms with Crippen molar-refractivity contribution in [1.82, 2.24) is 5.32 Å². The fourth-order valence-electron chi connectivity index (χ4n) is 1.07. The third-order valence-corrected chi connectivity index (χ3v) is 1.82. The molecule has 0 aromatic heterocycles. The van der Waals surface area contributed by atoms with Crippen molar-refractivity contribution in [1.29, 1.82) is 0 Å². The molecule has 1 atom stereocenters. The Labute approximate surface area is 70.4 Å². The normalized spacial score (nSPS) is 23.7. The molecular weight excluding hydrogens is 138 g/mol. The number of amides is 1. The first-order chi connectivity index (χ1) is 4.29. The van der Waals surface area contributed by atoms with Crippen LogP contribution in [0.2, 0.25) is 0 Å². The smallest absolute Gasteiger partial charge is 0.220 e. The van der Waals surface area contributed by atoms with Gasteiger partial charge in [0.25, 0.3) is 0 Å². The van der Waals surface area contributed by atoms with Crippen LogP contribution in [-0.4, -0.2) is 12.5 Å². The van der Waals surface area contributed by atoms with Gasteiger partial charge in [0.05, 0.1) is 0 Å². The summed E-state index contributed by atoms with van der Waals surface area (Å²) in [5.41, 5.74) is 0. The SMILES string of the molecule is C.C.CC1CCNC(=O)CC1. The van der Waals surface area contributed by atoms with Gasteiger partial charge in [0.1, 0.15) is 0 Å². The molecule has 11 heavy (non-hydrogen) atoms. The lowest BCUT2D eigenvalue weighted by Crippen LogP contribution is -2.21. The molecule has 1 aliphatic heterocycles. The highest BCUT2D eigenvalue weighted by molar-refractivity contribution is 5.76. The summed E-state index contributed by atoms with van der Waals surface area (Å²) in [6, 6.07) is 0. The standard InChI is InChI=1S/C7H13NO.2CH4/c1-6-2-3-7(9)8-5-4-6;;/h6H,2-5H2,1H3,(H,8,9);2*1H4. The van der Waals surface area contributed by atoms with E-state index in [2.05, 4.69) is 12.2 Å². The highest BCUT2D eigenvalue weighted by Crippen LogP contribution is 2.11. The number of hydrogen-bond acceptors (Lipinski definition) is 1. The van der Waals surface area contributed by atoms with Crippen molar-refractivity contribution >= 4 is 5.91 Å². The van der Waals surface area contributed by atoms with Crippen LogP contribution in [0, 0.1) is 5.92 Å². The minimum atomic E-state index is 0. The summed E-state index contributed by atoms with van der Waals surface area (Å²) in [4.78, 5) is 10.7. The maximum atomic E-state index is 10.7. The average molecular weight is 159 g/mol. The molecule has 1 saturated heterocycles. The first-order valence-electron chi connectivity index (χ1n) is 3.56. The summed E-state index contributed by atoms with van der Waals surface area (Å²) in [7, 11) is 0. The summed E-state index contributed by atoms with van der Waals surface area (Å²) in [5, 5.41) is 2.84. The Morgan fingerprint density at radius 1 is 1.36 bits per heavy atom. The van der Waals surface area contributed by atoms with Crippen LogP contribution in [0.25, 0.3) is 0 Å². The lowest BCUT2D eigenvalue weighted by Gasteiger charge is -2.01. The molecule has 1 unspecified atom stereocenters. The topological polar surface area (TPSA) is 29.1 Å². The highest BCUT2D eigenvalue weighted by atomic mass is 16.1. The third-order valence-electron chi connectivity index (χ3n) is 1.82. The predicted octanol–water partition coefficient (Wildman–Crippen LogP) is 2.19. The Kier molecular flexibility index (Phi) is 7.37. The summed E-state index contributed by atoms with van der Waals surface area (Å²) in [6.07, 6.45) is 2.93. The van der Waals surface area contributed by atoms with Crippen LogP contribution in [0.3, 0.4) is 0 Å². The summed E-state index contributed by atoms with van der Waals surface area (Å²) >= 11 is 0. The molecule has 1 fully saturated rings. The van der Waals surface area contributed by atoms with Gasteiger partial charge in [-0.15, -0.1) is 0 Å². The van der Waals surface area contributed by atoms with E-state index in [1.165, 1.54) is 0 Å². The average Bonchev–Trinajstić information content (AvgIpc) is 1.97. The van der Waals surface area contributed by atoms with Crippen molar-refractivity contribution in [3.63, 3.8) is 0 Å². The molecule has 1 heterocycles. The molecule has 2 heteroatoms. The second-order valence-electron chi connectivity index (χ2n) is 2.78. The summed E-state index contributed by atoms with van der Waals surface area (Å²) < 4.78 is 0. The van der Waals surface area contributed by atoms with E-state index in [0.717, 1.165) is 31.7 Å². The maximum Gasteiger partial charge on any atom is 0.220 e. The van der Waals surface area contributed by atoms with E-state index in [1.807, 2.05) is 0 Å². The van der Waals surface area contributed by atoms with Gasteiger partial charge < -0.3 is 5.32 Å². The lowest BCUT2D eigenvalue weighted by atomic mass is 10.0. The molecule has 0 spiro atoms. The number of nitrogens with one attached hydrogen (secondary N) is 1. The monoisotopic (exact) mass is 159 g/mol. The minimum Gasteiger partial charge on any atom is -0.356 e. The second-order valence-corrected chi connectivity index (χ2v) is 2.78. The Morgan fingerprint density at radius 3 is 2.64 bits per heavy atom. The van der Waals surface area contributed by atoms with Crippen LogP contribution >= 0.6 is 0 Å². The zero-order valence-corrected chi connectivity index (χ0v) is 5.81. The van der Waals surface area contributed by atoms with Crippen LogP contribution in [0.15, 0.2) is 0 Å². The number of carbonyl (C=O) groups excluding carboxylic acids is 1. The molecule has 68 valence electrons. The van der Waals surface area contributed by atoms with Crippen molar-refractivity contribution < 1.29 is 4.79 Å². The molecule has 1 N–H and O–H groups in total. The van der Waals surface area contributed by atoms with Gasteiger partial charge >= 0.3 is 0 Å². The zero-order valence-electron chi connectivity index (χ0n) is 5.81. The van der Waals surface area contributed by atoms with E-state index in [1.54, 1.807) is 0 Å². The Morgan fingerprint density at radius 2 is 2.00 bits per heavy atom. The second kappa shape index (κ2) is 6.20. The van der Waals surface area contributed by atoms with Crippen LogP contribution in [0.5, 0.6) is 0 Å². The van der Waals surface area contributed by atoms with Crippen molar-refractivity contribution in [2.75, 3.05) is 6.54 Å². The molecule has 0 radical (unpaired) electrons. The van der Waals surface area contributed by atoms with Gasteiger partial charge in [0.15, 0.2) is 0 Å². The number of carbonyl (C=O) groups is 1. The van der Waals surface area contributed by atoms with Crippen molar-refractivity contribution in [2.45, 2.75) is 41.0 Å². The Bertz CT molecular complexity index is 112. The van der Waals surface area contributed by atoms with Crippen LogP contribution in [-0.2, 0) is 4.79 Å². The molecule has 1 amide bonds. The van der Waals surface area contributed by atoms with E-state index in [0.29, 0.717) is 0 Å². The van der Waals surface area contributed by atoms with E-state index in [9.17, 15) is 4.79 Å². The zero-order chi connectivity index (χ0) is 6.69. The predicted molar refractivity (Wildman–Crippen MR) is 49.5 cm³/mol. The fraction of sp³-hybridized carbons (Fsp3) is 0.889. The summed E-state index contributed by atoms with van der Waals surface area (Å²) in [6.45, 7) is 3.07. The van der Waals surface area contributed by atoms with Crippen molar-refractivity contribution in [3.05, 3.63) is 0 Å². The van der Waals surface area contributed by atoms with E-state index in [-0.39, 0.29) is 20.8 Å². The van der Waals surface area contributed by atoms with Gasteiger partial charge in [-0.25, -0.2) is 0 Å². The van der Waals surface area contributed by atoms with Gasteiger partial charge in [-0.05, 0) is 18.8 Å². The van der Waals surface area contributed by atoms with Gasteiger partial charge in [-0.1, -0.05) is 21.8 Å². The molecular formula is C9H21NO. The largest absolute Gasteiger partial charge is 0.356 e. The van der Waals surface area contributed by atoms with Gasteiger partial charge in [-0.2, -0.15) is 0 Å². The van der Waals surface area contributed by atoms with E-state index >= 15 is 0 Å². The molecule has 0 aliphatic carbocycles. The molecule has 1 aliphatic rings. The molecule has 1 rings (SSSR count). The first-order valence-corrected chi connectivity index (χ1v) is 3.56. The maximum absolute atomic E-state index is 10.7. The summed E-state index contributed by atoms with van der Waals surface area (Å²) in [5.74, 6) is 0.948. The molecule has 2 nitrogen and oxygen atoms in total. The minimum absolute atomic E-state index is 0. The van der Waals surface area contributed by atoms with Crippen LogP contribution < -0.4 is 5.32 Å². The first kappa shape index (κ1) is 13.1.